The lowest BCUT2D eigenvalue weighted by molar-refractivity contribution is -0.384. The third-order valence-electron chi connectivity index (χ3n) is 5.90. The molecule has 0 saturated carbocycles. The number of hydrogen-bond donors (Lipinski definition) is 2. The van der Waals surface area contributed by atoms with E-state index in [1.54, 1.807) is 20.8 Å². The first-order valence-electron chi connectivity index (χ1n) is 11.0. The van der Waals surface area contributed by atoms with Crippen LogP contribution in [0.2, 0.25) is 0 Å². The number of carbonyl (C=O) groups excluding carboxylic acids is 3. The highest BCUT2D eigenvalue weighted by molar-refractivity contribution is 6.46. The fraction of sp³-hybridized carbons (Fsp3) is 0.375. The molecule has 186 valence electrons. The molecule has 11 heteroatoms. The van der Waals surface area contributed by atoms with Crippen molar-refractivity contribution in [3.8, 4) is 0 Å². The number of ketones is 1. The number of likely N-dealkylation sites (tertiary alicyclic amines) is 1. The van der Waals surface area contributed by atoms with Crippen LogP contribution in [0.15, 0.2) is 29.8 Å². The van der Waals surface area contributed by atoms with E-state index in [0.717, 1.165) is 0 Å². The summed E-state index contributed by atoms with van der Waals surface area (Å²) in [4.78, 5) is 55.2. The van der Waals surface area contributed by atoms with E-state index in [4.69, 9.17) is 4.74 Å². The van der Waals surface area contributed by atoms with E-state index in [1.165, 1.54) is 29.2 Å². The number of aliphatic hydroxyl groups is 1. The number of ether oxygens (including phenoxy) is 1. The topological polar surface area (TPSA) is 146 Å². The molecule has 1 saturated heterocycles. The molecule has 1 aliphatic rings. The Hall–Kier alpha value is -3.99. The summed E-state index contributed by atoms with van der Waals surface area (Å²) in [6.07, 6.45) is 0. The summed E-state index contributed by atoms with van der Waals surface area (Å²) in [5.41, 5.74) is 1.31. The van der Waals surface area contributed by atoms with Gasteiger partial charge in [-0.3, -0.25) is 19.7 Å². The average Bonchev–Trinajstić information content (AvgIpc) is 3.24. The molecule has 1 atom stereocenters. The van der Waals surface area contributed by atoms with Crippen molar-refractivity contribution >= 4 is 29.1 Å². The zero-order valence-electron chi connectivity index (χ0n) is 20.2. The lowest BCUT2D eigenvalue weighted by atomic mass is 9.94. The SMILES string of the molecule is CCOC(=O)c1[nH]c(C)c(/C(O)=C2\C(=O)C(=O)N(CCN(C)C)[C@H]2c2ccc([N+](=O)[O-])cc2)c1C. The molecule has 11 nitrogen and oxygen atoms in total. The number of esters is 1. The van der Waals surface area contributed by atoms with Crippen LogP contribution in [0.3, 0.4) is 0 Å². The van der Waals surface area contributed by atoms with Crippen molar-refractivity contribution in [3.63, 3.8) is 0 Å². The smallest absolute Gasteiger partial charge is 0.355 e. The number of benzene rings is 1. The quantitative estimate of drug-likeness (QED) is 0.145. The van der Waals surface area contributed by atoms with Crippen LogP contribution in [-0.4, -0.2) is 76.3 Å². The third kappa shape index (κ3) is 4.80. The van der Waals surface area contributed by atoms with Crippen LogP contribution in [0.5, 0.6) is 0 Å². The normalized spacial score (nSPS) is 17.3. The van der Waals surface area contributed by atoms with Crippen LogP contribution in [0.25, 0.3) is 5.76 Å². The van der Waals surface area contributed by atoms with Crippen LogP contribution < -0.4 is 0 Å². The van der Waals surface area contributed by atoms with Crippen molar-refractivity contribution < 1.29 is 29.2 Å². The predicted octanol–water partition coefficient (Wildman–Crippen LogP) is 2.70. The number of non-ortho nitro benzene ring substituents is 1. The van der Waals surface area contributed by atoms with Gasteiger partial charge in [-0.25, -0.2) is 4.79 Å². The molecule has 0 bridgehead atoms. The summed E-state index contributed by atoms with van der Waals surface area (Å²) in [5.74, 6) is -2.69. The Morgan fingerprint density at radius 2 is 1.86 bits per heavy atom. The van der Waals surface area contributed by atoms with E-state index in [1.807, 2.05) is 19.0 Å². The number of nitro groups is 1. The summed E-state index contributed by atoms with van der Waals surface area (Å²) < 4.78 is 5.06. The molecule has 1 aromatic heterocycles. The van der Waals surface area contributed by atoms with Gasteiger partial charge in [-0.1, -0.05) is 0 Å². The number of amides is 1. The number of aliphatic hydroxyl groups excluding tert-OH is 1. The lowest BCUT2D eigenvalue weighted by Crippen LogP contribution is -2.35. The van der Waals surface area contributed by atoms with Crippen molar-refractivity contribution in [1.82, 2.24) is 14.8 Å². The molecular formula is C24H28N4O7. The molecule has 1 amide bonds. The zero-order chi connectivity index (χ0) is 26.0. The molecule has 0 radical (unpaired) electrons. The molecular weight excluding hydrogens is 456 g/mol. The van der Waals surface area contributed by atoms with Crippen molar-refractivity contribution in [3.05, 3.63) is 68.0 Å². The first-order valence-corrected chi connectivity index (χ1v) is 11.0. The van der Waals surface area contributed by atoms with Gasteiger partial charge in [0.15, 0.2) is 0 Å². The van der Waals surface area contributed by atoms with Crippen molar-refractivity contribution in [2.75, 3.05) is 33.8 Å². The van der Waals surface area contributed by atoms with Gasteiger partial charge in [0.1, 0.15) is 11.5 Å². The highest BCUT2D eigenvalue weighted by Crippen LogP contribution is 2.41. The molecule has 1 aliphatic heterocycles. The highest BCUT2D eigenvalue weighted by atomic mass is 16.6. The molecule has 1 aromatic carbocycles. The number of aromatic nitrogens is 1. The number of aryl methyl sites for hydroxylation is 1. The monoisotopic (exact) mass is 484 g/mol. The number of H-pyrrole nitrogens is 1. The number of likely N-dealkylation sites (N-methyl/N-ethyl adjacent to an activating group) is 1. The maximum absolute atomic E-state index is 13.2. The molecule has 2 heterocycles. The van der Waals surface area contributed by atoms with E-state index in [9.17, 15) is 29.6 Å². The largest absolute Gasteiger partial charge is 0.507 e. The summed E-state index contributed by atoms with van der Waals surface area (Å²) in [6.45, 7) is 5.71. The summed E-state index contributed by atoms with van der Waals surface area (Å²) >= 11 is 0. The Bertz CT molecular complexity index is 1210. The number of aromatic amines is 1. The maximum atomic E-state index is 13.2. The van der Waals surface area contributed by atoms with Gasteiger partial charge in [-0.15, -0.1) is 0 Å². The first-order chi connectivity index (χ1) is 16.5. The fourth-order valence-corrected chi connectivity index (χ4v) is 4.19. The Morgan fingerprint density at radius 3 is 2.40 bits per heavy atom. The second-order valence-electron chi connectivity index (χ2n) is 8.49. The van der Waals surface area contributed by atoms with Crippen LogP contribution in [-0.2, 0) is 14.3 Å². The summed E-state index contributed by atoms with van der Waals surface area (Å²) in [7, 11) is 3.64. The second-order valence-corrected chi connectivity index (χ2v) is 8.49. The molecule has 2 aromatic rings. The highest BCUT2D eigenvalue weighted by Gasteiger charge is 2.46. The van der Waals surface area contributed by atoms with Gasteiger partial charge in [0, 0.05) is 36.5 Å². The van der Waals surface area contributed by atoms with Crippen molar-refractivity contribution in [2.45, 2.75) is 26.8 Å². The minimum atomic E-state index is -0.963. The van der Waals surface area contributed by atoms with Gasteiger partial charge < -0.3 is 24.6 Å². The first kappa shape index (κ1) is 25.6. The van der Waals surface area contributed by atoms with E-state index in [-0.39, 0.29) is 35.7 Å². The Balaban J connectivity index is 2.20. The van der Waals surface area contributed by atoms with E-state index >= 15 is 0 Å². The van der Waals surface area contributed by atoms with Crippen LogP contribution in [0.4, 0.5) is 5.69 Å². The minimum absolute atomic E-state index is 0.139. The Kier molecular flexibility index (Phi) is 7.39. The van der Waals surface area contributed by atoms with Crippen LogP contribution in [0, 0.1) is 24.0 Å². The number of Topliss-reactive ketones (excluding diaryl/α,β-unsaturated/α-hetero) is 1. The summed E-state index contributed by atoms with van der Waals surface area (Å²) in [5, 5.41) is 22.5. The molecule has 35 heavy (non-hydrogen) atoms. The van der Waals surface area contributed by atoms with Gasteiger partial charge in [0.25, 0.3) is 17.4 Å². The standard InChI is InChI=1S/C24H28N4O7/c1-6-35-24(32)19-13(2)17(14(3)25-19)21(29)18-20(15-7-9-16(10-8-15)28(33)34)27(12-11-26(4)5)23(31)22(18)30/h7-10,20,25,29H,6,11-12H2,1-5H3/b21-18+/t20-/m0/s1. The number of hydrogen-bond acceptors (Lipinski definition) is 8. The number of carbonyl (C=O) groups is 3. The molecule has 3 rings (SSSR count). The molecule has 2 N–H and O–H groups in total. The predicted molar refractivity (Wildman–Crippen MR) is 127 cm³/mol. The van der Waals surface area contributed by atoms with Crippen molar-refractivity contribution in [2.24, 2.45) is 0 Å². The average molecular weight is 485 g/mol. The summed E-state index contributed by atoms with van der Waals surface area (Å²) in [6, 6.07) is 4.53. The number of nitro benzene ring substituents is 1. The number of rotatable bonds is 8. The third-order valence-corrected chi connectivity index (χ3v) is 5.90. The van der Waals surface area contributed by atoms with E-state index in [0.29, 0.717) is 23.4 Å². The van der Waals surface area contributed by atoms with Crippen LogP contribution in [0.1, 0.15) is 45.8 Å². The fourth-order valence-electron chi connectivity index (χ4n) is 4.19. The zero-order valence-corrected chi connectivity index (χ0v) is 20.2. The number of nitrogens with zero attached hydrogens (tertiary/aromatic N) is 3. The Morgan fingerprint density at radius 1 is 1.23 bits per heavy atom. The number of nitrogens with one attached hydrogen (secondary N) is 1. The van der Waals surface area contributed by atoms with Crippen LogP contribution >= 0.6 is 0 Å². The van der Waals surface area contributed by atoms with E-state index in [2.05, 4.69) is 4.98 Å². The Labute approximate surface area is 202 Å². The van der Waals surface area contributed by atoms with E-state index < -0.39 is 34.4 Å². The van der Waals surface area contributed by atoms with Gasteiger partial charge in [-0.05, 0) is 58.1 Å². The van der Waals surface area contributed by atoms with Gasteiger partial charge >= 0.3 is 5.97 Å². The van der Waals surface area contributed by atoms with Gasteiger partial charge in [0.2, 0.25) is 0 Å². The molecule has 0 unspecified atom stereocenters. The minimum Gasteiger partial charge on any atom is -0.507 e. The molecule has 0 aliphatic carbocycles. The molecule has 1 fully saturated rings. The lowest BCUT2D eigenvalue weighted by Gasteiger charge is -2.26. The van der Waals surface area contributed by atoms with Gasteiger partial charge in [-0.2, -0.15) is 0 Å². The van der Waals surface area contributed by atoms with Gasteiger partial charge in [0.05, 0.1) is 23.1 Å². The maximum Gasteiger partial charge on any atom is 0.355 e. The second kappa shape index (κ2) is 10.1. The molecule has 0 spiro atoms. The van der Waals surface area contributed by atoms with Crippen molar-refractivity contribution in [1.29, 1.82) is 0 Å².